The highest BCUT2D eigenvalue weighted by Crippen LogP contribution is 2.38. The summed E-state index contributed by atoms with van der Waals surface area (Å²) >= 11 is 0. The van der Waals surface area contributed by atoms with Gasteiger partial charge in [-0.25, -0.2) is 9.18 Å². The van der Waals surface area contributed by atoms with Crippen LogP contribution < -0.4 is 5.32 Å². The van der Waals surface area contributed by atoms with Crippen LogP contribution in [0.4, 0.5) is 10.1 Å². The summed E-state index contributed by atoms with van der Waals surface area (Å²) < 4.78 is 19.5. The van der Waals surface area contributed by atoms with E-state index in [9.17, 15) is 18.8 Å². The van der Waals surface area contributed by atoms with E-state index in [4.69, 9.17) is 4.74 Å². The number of hydrogen-bond donors (Lipinski definition) is 1. The first-order valence-electron chi connectivity index (χ1n) is 8.68. The molecule has 2 amide bonds. The highest BCUT2D eigenvalue weighted by atomic mass is 19.1. The summed E-state index contributed by atoms with van der Waals surface area (Å²) in [6.45, 7) is 1.71. The first kappa shape index (κ1) is 19.5. The molecule has 2 unspecified atom stereocenters. The molecule has 1 fully saturated rings. The summed E-state index contributed by atoms with van der Waals surface area (Å²) in [4.78, 5) is 38.8. The van der Waals surface area contributed by atoms with Gasteiger partial charge in [0.25, 0.3) is 0 Å². The third-order valence-corrected chi connectivity index (χ3v) is 5.10. The van der Waals surface area contributed by atoms with Crippen LogP contribution in [-0.2, 0) is 21.4 Å². The minimum absolute atomic E-state index is 0.00754. The van der Waals surface area contributed by atoms with E-state index in [2.05, 4.69) is 10.4 Å². The largest absolute Gasteiger partial charge is 0.464 e. The SMILES string of the molecule is COC(=O)c1nn(C)c(C)c1NC(=O)C1CC(=O)N(C)C1c1ccc(F)cc1. The number of carbonyl (C=O) groups is 3. The Labute approximate surface area is 161 Å². The molecule has 1 aliphatic heterocycles. The first-order valence-corrected chi connectivity index (χ1v) is 8.68. The Morgan fingerprint density at radius 3 is 2.50 bits per heavy atom. The van der Waals surface area contributed by atoms with Gasteiger partial charge in [0.05, 0.1) is 30.5 Å². The number of nitrogens with zero attached hydrogens (tertiary/aromatic N) is 3. The molecule has 0 aliphatic carbocycles. The highest BCUT2D eigenvalue weighted by molar-refractivity contribution is 6.03. The van der Waals surface area contributed by atoms with Crippen molar-refractivity contribution in [3.63, 3.8) is 0 Å². The van der Waals surface area contributed by atoms with Crippen molar-refractivity contribution >= 4 is 23.5 Å². The Balaban J connectivity index is 1.92. The lowest BCUT2D eigenvalue weighted by molar-refractivity contribution is -0.128. The maximum Gasteiger partial charge on any atom is 0.360 e. The van der Waals surface area contributed by atoms with E-state index in [0.29, 0.717) is 11.3 Å². The molecule has 8 nitrogen and oxygen atoms in total. The van der Waals surface area contributed by atoms with Gasteiger partial charge in [0, 0.05) is 20.5 Å². The lowest BCUT2D eigenvalue weighted by Crippen LogP contribution is -2.30. The van der Waals surface area contributed by atoms with Gasteiger partial charge in [0.15, 0.2) is 5.69 Å². The molecule has 2 aromatic rings. The zero-order chi connectivity index (χ0) is 20.6. The molecule has 0 bridgehead atoms. The molecule has 1 aliphatic rings. The van der Waals surface area contributed by atoms with Crippen molar-refractivity contribution in [3.05, 3.63) is 47.0 Å². The number of amides is 2. The summed E-state index contributed by atoms with van der Waals surface area (Å²) in [6.07, 6.45) is 0.0112. The fourth-order valence-electron chi connectivity index (χ4n) is 3.43. The van der Waals surface area contributed by atoms with Crippen LogP contribution in [-0.4, -0.2) is 46.6 Å². The van der Waals surface area contributed by atoms with Crippen LogP contribution in [0.5, 0.6) is 0 Å². The summed E-state index contributed by atoms with van der Waals surface area (Å²) in [7, 11) is 4.48. The fraction of sp³-hybridized carbons (Fsp3) is 0.368. The number of carbonyl (C=O) groups excluding carboxylic acids is 3. The number of esters is 1. The monoisotopic (exact) mass is 388 g/mol. The quantitative estimate of drug-likeness (QED) is 0.807. The number of halogens is 1. The lowest BCUT2D eigenvalue weighted by Gasteiger charge is -2.25. The standard InChI is InChI=1S/C19H21FN4O4/c1-10-15(16(19(27)28-4)22-24(10)3)21-18(26)13-9-14(25)23(2)17(13)11-5-7-12(20)8-6-11/h5-8,13,17H,9H2,1-4H3,(H,21,26). The van der Waals surface area contributed by atoms with E-state index >= 15 is 0 Å². The molecule has 1 saturated heterocycles. The Morgan fingerprint density at radius 2 is 1.89 bits per heavy atom. The number of rotatable bonds is 4. The molecule has 0 spiro atoms. The van der Waals surface area contributed by atoms with Crippen LogP contribution in [0.25, 0.3) is 0 Å². The number of ether oxygens (including phenoxy) is 1. The Hall–Kier alpha value is -3.23. The Morgan fingerprint density at radius 1 is 1.25 bits per heavy atom. The van der Waals surface area contributed by atoms with Crippen molar-refractivity contribution in [3.8, 4) is 0 Å². The summed E-state index contributed by atoms with van der Waals surface area (Å²) in [5.74, 6) is -2.38. The van der Waals surface area contributed by atoms with Gasteiger partial charge in [-0.05, 0) is 24.6 Å². The lowest BCUT2D eigenvalue weighted by atomic mass is 9.92. The molecular weight excluding hydrogens is 367 g/mol. The molecular formula is C19H21FN4O4. The third-order valence-electron chi connectivity index (χ3n) is 5.10. The molecule has 2 heterocycles. The van der Waals surface area contributed by atoms with Crippen LogP contribution in [0.3, 0.4) is 0 Å². The van der Waals surface area contributed by atoms with E-state index in [1.54, 1.807) is 33.2 Å². The second-order valence-corrected chi connectivity index (χ2v) is 6.73. The first-order chi connectivity index (χ1) is 13.2. The molecule has 1 N–H and O–H groups in total. The van der Waals surface area contributed by atoms with E-state index in [1.165, 1.54) is 28.8 Å². The number of aryl methyl sites for hydroxylation is 1. The highest BCUT2D eigenvalue weighted by Gasteiger charge is 2.43. The molecule has 2 atom stereocenters. The van der Waals surface area contributed by atoms with Crippen LogP contribution in [0.1, 0.15) is 34.2 Å². The molecule has 9 heteroatoms. The van der Waals surface area contributed by atoms with Gasteiger partial charge in [-0.3, -0.25) is 14.3 Å². The number of methoxy groups -OCH3 is 1. The van der Waals surface area contributed by atoms with Crippen molar-refractivity contribution in [2.24, 2.45) is 13.0 Å². The van der Waals surface area contributed by atoms with Gasteiger partial charge in [-0.2, -0.15) is 5.10 Å². The van der Waals surface area contributed by atoms with E-state index in [1.807, 2.05) is 0 Å². The van der Waals surface area contributed by atoms with Crippen LogP contribution in [0.15, 0.2) is 24.3 Å². The predicted molar refractivity (Wildman–Crippen MR) is 97.9 cm³/mol. The van der Waals surface area contributed by atoms with Gasteiger partial charge in [0.1, 0.15) is 5.82 Å². The van der Waals surface area contributed by atoms with E-state index in [0.717, 1.165) is 0 Å². The molecule has 3 rings (SSSR count). The molecule has 1 aromatic heterocycles. The predicted octanol–water partition coefficient (Wildman–Crippen LogP) is 1.81. The number of nitrogens with one attached hydrogen (secondary N) is 1. The summed E-state index contributed by atoms with van der Waals surface area (Å²) in [5.41, 5.74) is 1.47. The zero-order valence-electron chi connectivity index (χ0n) is 16.0. The summed E-state index contributed by atoms with van der Waals surface area (Å²) in [5, 5.41) is 6.82. The minimum atomic E-state index is -0.701. The zero-order valence-corrected chi connectivity index (χ0v) is 16.0. The van der Waals surface area contributed by atoms with Crippen LogP contribution in [0.2, 0.25) is 0 Å². The summed E-state index contributed by atoms with van der Waals surface area (Å²) in [6, 6.07) is 5.17. The Bertz CT molecular complexity index is 938. The average Bonchev–Trinajstić information content (AvgIpc) is 3.13. The number of likely N-dealkylation sites (tertiary alicyclic amines) is 1. The normalized spacial score (nSPS) is 19.0. The molecule has 0 radical (unpaired) electrons. The van der Waals surface area contributed by atoms with Crippen molar-refractivity contribution in [1.82, 2.24) is 14.7 Å². The van der Waals surface area contributed by atoms with Gasteiger partial charge < -0.3 is 15.0 Å². The number of aromatic nitrogens is 2. The number of anilines is 1. The van der Waals surface area contributed by atoms with E-state index in [-0.39, 0.29) is 23.7 Å². The second-order valence-electron chi connectivity index (χ2n) is 6.73. The molecule has 0 saturated carbocycles. The van der Waals surface area contributed by atoms with E-state index < -0.39 is 29.7 Å². The molecule has 1 aromatic carbocycles. The Kier molecular flexibility index (Phi) is 5.17. The van der Waals surface area contributed by atoms with Crippen molar-refractivity contribution in [2.45, 2.75) is 19.4 Å². The van der Waals surface area contributed by atoms with Crippen molar-refractivity contribution in [1.29, 1.82) is 0 Å². The van der Waals surface area contributed by atoms with Crippen LogP contribution in [0, 0.1) is 18.7 Å². The van der Waals surface area contributed by atoms with Gasteiger partial charge in [-0.15, -0.1) is 0 Å². The average molecular weight is 388 g/mol. The number of benzene rings is 1. The smallest absolute Gasteiger partial charge is 0.360 e. The topological polar surface area (TPSA) is 93.5 Å². The molecule has 28 heavy (non-hydrogen) atoms. The molecule has 148 valence electrons. The maximum atomic E-state index is 13.3. The van der Waals surface area contributed by atoms with Crippen LogP contribution >= 0.6 is 0 Å². The fourth-order valence-corrected chi connectivity index (χ4v) is 3.43. The minimum Gasteiger partial charge on any atom is -0.464 e. The maximum absolute atomic E-state index is 13.3. The van der Waals surface area contributed by atoms with Gasteiger partial charge in [0.2, 0.25) is 11.8 Å². The van der Waals surface area contributed by atoms with Crippen molar-refractivity contribution in [2.75, 3.05) is 19.5 Å². The third kappa shape index (κ3) is 3.35. The van der Waals surface area contributed by atoms with Gasteiger partial charge in [-0.1, -0.05) is 12.1 Å². The van der Waals surface area contributed by atoms with Crippen molar-refractivity contribution < 1.29 is 23.5 Å². The number of hydrogen-bond acceptors (Lipinski definition) is 5. The van der Waals surface area contributed by atoms with Gasteiger partial charge >= 0.3 is 5.97 Å². The second kappa shape index (κ2) is 7.41.